The van der Waals surface area contributed by atoms with Gasteiger partial charge in [-0.3, -0.25) is 4.98 Å². The fourth-order valence-electron chi connectivity index (χ4n) is 5.04. The van der Waals surface area contributed by atoms with Crippen LogP contribution in [0.1, 0.15) is 50.3 Å². The summed E-state index contributed by atoms with van der Waals surface area (Å²) in [5, 5.41) is 15.8. The van der Waals surface area contributed by atoms with Crippen LogP contribution in [0.2, 0.25) is 0 Å². The van der Waals surface area contributed by atoms with Gasteiger partial charge in [0.25, 0.3) is 0 Å². The van der Waals surface area contributed by atoms with E-state index in [-0.39, 0.29) is 5.41 Å². The molecule has 1 saturated heterocycles. The molecule has 38 heavy (non-hydrogen) atoms. The van der Waals surface area contributed by atoms with Crippen LogP contribution in [0.25, 0.3) is 28.5 Å². The molecule has 1 aliphatic carbocycles. The van der Waals surface area contributed by atoms with Crippen molar-refractivity contribution < 1.29 is 0 Å². The number of rotatable bonds is 7. The van der Waals surface area contributed by atoms with Gasteiger partial charge in [0, 0.05) is 48.3 Å². The SMILES string of the molecule is C#Cc1ccnn1C=CNc1cc(-c2nc(NC3CCNCC3(C)C)c3c(C4CC4)cncc3n2)ccn1. The van der Waals surface area contributed by atoms with E-state index in [2.05, 4.69) is 50.8 Å². The standard InChI is InChI=1S/C29H31N9/c1-4-21-8-12-34-38(21)14-13-33-25-15-20(7-11-32-25)27-35-23-17-31-16-22(19-5-6-19)26(23)28(37-27)36-24-9-10-30-18-29(24,2)3/h1,7-8,11-17,19,24,30H,5-6,9-10,18H2,2-3H3,(H,32,33)(H,35,36,37). The van der Waals surface area contributed by atoms with E-state index < -0.39 is 0 Å². The Labute approximate surface area is 222 Å². The molecule has 0 radical (unpaired) electrons. The van der Waals surface area contributed by atoms with Crippen LogP contribution in [0.3, 0.4) is 0 Å². The molecule has 4 aromatic rings. The number of nitrogens with one attached hydrogen (secondary N) is 3. The quantitative estimate of drug-likeness (QED) is 0.316. The summed E-state index contributed by atoms with van der Waals surface area (Å²) in [7, 11) is 0. The normalized spacial score (nSPS) is 18.9. The van der Waals surface area contributed by atoms with E-state index in [0.717, 1.165) is 41.8 Å². The lowest BCUT2D eigenvalue weighted by Gasteiger charge is -2.40. The molecule has 0 bridgehead atoms. The van der Waals surface area contributed by atoms with Gasteiger partial charge in [-0.05, 0) is 60.9 Å². The third kappa shape index (κ3) is 4.83. The van der Waals surface area contributed by atoms with Gasteiger partial charge in [0.05, 0.1) is 17.9 Å². The van der Waals surface area contributed by atoms with Gasteiger partial charge in [-0.25, -0.2) is 19.6 Å². The minimum absolute atomic E-state index is 0.0937. The van der Waals surface area contributed by atoms with Crippen LogP contribution in [0.15, 0.2) is 49.2 Å². The van der Waals surface area contributed by atoms with E-state index >= 15 is 0 Å². The van der Waals surface area contributed by atoms with Crippen molar-refractivity contribution in [3.63, 3.8) is 0 Å². The maximum absolute atomic E-state index is 5.51. The van der Waals surface area contributed by atoms with Crippen LogP contribution in [0, 0.1) is 17.8 Å². The van der Waals surface area contributed by atoms with Crippen molar-refractivity contribution >= 4 is 28.7 Å². The Morgan fingerprint density at radius 2 is 2.05 bits per heavy atom. The first kappa shape index (κ1) is 24.1. The van der Waals surface area contributed by atoms with Crippen molar-refractivity contribution in [2.24, 2.45) is 5.41 Å². The second-order valence-electron chi connectivity index (χ2n) is 10.6. The molecular formula is C29H31N9. The zero-order chi connectivity index (χ0) is 26.1. The first-order valence-corrected chi connectivity index (χ1v) is 13.0. The van der Waals surface area contributed by atoms with Crippen LogP contribution in [0.5, 0.6) is 0 Å². The molecule has 2 aliphatic rings. The number of pyridine rings is 2. The number of hydrogen-bond acceptors (Lipinski definition) is 8. The summed E-state index contributed by atoms with van der Waals surface area (Å²) in [5.41, 5.74) is 3.74. The van der Waals surface area contributed by atoms with Gasteiger partial charge in [0.15, 0.2) is 5.82 Å². The van der Waals surface area contributed by atoms with Crippen molar-refractivity contribution in [1.29, 1.82) is 0 Å². The van der Waals surface area contributed by atoms with E-state index in [1.807, 2.05) is 24.5 Å². The highest BCUT2D eigenvalue weighted by Crippen LogP contribution is 2.44. The molecule has 1 atom stereocenters. The molecule has 1 saturated carbocycles. The highest BCUT2D eigenvalue weighted by molar-refractivity contribution is 5.93. The maximum Gasteiger partial charge on any atom is 0.162 e. The number of aromatic nitrogens is 6. The Morgan fingerprint density at radius 3 is 2.87 bits per heavy atom. The van der Waals surface area contributed by atoms with E-state index in [9.17, 15) is 0 Å². The summed E-state index contributed by atoms with van der Waals surface area (Å²) in [5.74, 6) is 5.32. The number of piperidine rings is 1. The lowest BCUT2D eigenvalue weighted by Crippen LogP contribution is -2.49. The zero-order valence-electron chi connectivity index (χ0n) is 21.6. The molecule has 9 nitrogen and oxygen atoms in total. The van der Waals surface area contributed by atoms with E-state index in [4.69, 9.17) is 16.4 Å². The molecule has 9 heteroatoms. The molecule has 1 aliphatic heterocycles. The first-order chi connectivity index (χ1) is 18.5. The molecule has 4 aromatic heterocycles. The summed E-state index contributed by atoms with van der Waals surface area (Å²) in [4.78, 5) is 19.0. The van der Waals surface area contributed by atoms with Crippen molar-refractivity contribution in [2.45, 2.75) is 45.1 Å². The smallest absolute Gasteiger partial charge is 0.162 e. The van der Waals surface area contributed by atoms with E-state index in [0.29, 0.717) is 29.3 Å². The first-order valence-electron chi connectivity index (χ1n) is 13.0. The molecule has 0 aromatic carbocycles. The molecular weight excluding hydrogens is 474 g/mol. The van der Waals surface area contributed by atoms with Gasteiger partial charge in [-0.15, -0.1) is 6.42 Å². The van der Waals surface area contributed by atoms with Gasteiger partial charge in [-0.1, -0.05) is 19.8 Å². The van der Waals surface area contributed by atoms with Crippen molar-refractivity contribution in [1.82, 2.24) is 35.0 Å². The van der Waals surface area contributed by atoms with Crippen LogP contribution in [-0.2, 0) is 0 Å². The van der Waals surface area contributed by atoms with Gasteiger partial charge in [0.2, 0.25) is 0 Å². The van der Waals surface area contributed by atoms with Crippen LogP contribution in [-0.4, -0.2) is 48.8 Å². The monoisotopic (exact) mass is 505 g/mol. The Hall–Kier alpha value is -4.29. The minimum atomic E-state index is 0.0937. The number of hydrogen-bond donors (Lipinski definition) is 3. The molecule has 0 spiro atoms. The molecule has 1 unspecified atom stereocenters. The number of anilines is 2. The predicted molar refractivity (Wildman–Crippen MR) is 150 cm³/mol. The van der Waals surface area contributed by atoms with Gasteiger partial charge in [-0.2, -0.15) is 5.10 Å². The summed E-state index contributed by atoms with van der Waals surface area (Å²) < 4.78 is 1.62. The van der Waals surface area contributed by atoms with Crippen LogP contribution in [0.4, 0.5) is 11.6 Å². The second kappa shape index (κ2) is 9.88. The van der Waals surface area contributed by atoms with Crippen molar-refractivity contribution in [3.8, 4) is 23.7 Å². The average Bonchev–Trinajstić information content (AvgIpc) is 3.67. The molecule has 5 heterocycles. The third-order valence-electron chi connectivity index (χ3n) is 7.38. The largest absolute Gasteiger partial charge is 0.366 e. The molecule has 2 fully saturated rings. The van der Waals surface area contributed by atoms with Crippen LogP contribution >= 0.6 is 0 Å². The second-order valence-corrected chi connectivity index (χ2v) is 10.6. The Kier molecular flexibility index (Phi) is 6.26. The molecule has 6 rings (SSSR count). The lowest BCUT2D eigenvalue weighted by molar-refractivity contribution is 0.236. The predicted octanol–water partition coefficient (Wildman–Crippen LogP) is 4.48. The van der Waals surface area contributed by atoms with E-state index in [1.165, 1.54) is 18.4 Å². The Morgan fingerprint density at radius 1 is 1.16 bits per heavy atom. The summed E-state index contributed by atoms with van der Waals surface area (Å²) in [6, 6.07) is 5.94. The highest BCUT2D eigenvalue weighted by atomic mass is 15.3. The zero-order valence-corrected chi connectivity index (χ0v) is 21.6. The summed E-state index contributed by atoms with van der Waals surface area (Å²) >= 11 is 0. The number of nitrogens with zero attached hydrogens (tertiary/aromatic N) is 6. The topological polar surface area (TPSA) is 105 Å². The average molecular weight is 506 g/mol. The molecule has 3 N–H and O–H groups in total. The third-order valence-corrected chi connectivity index (χ3v) is 7.38. The minimum Gasteiger partial charge on any atom is -0.366 e. The van der Waals surface area contributed by atoms with Crippen molar-refractivity contribution in [3.05, 3.63) is 60.4 Å². The van der Waals surface area contributed by atoms with E-state index in [1.54, 1.807) is 35.5 Å². The van der Waals surface area contributed by atoms with Gasteiger partial charge < -0.3 is 16.0 Å². The summed E-state index contributed by atoms with van der Waals surface area (Å²) in [6.45, 7) is 6.55. The molecule has 192 valence electrons. The number of fused-ring (bicyclic) bond motifs is 1. The number of terminal acetylenes is 1. The summed E-state index contributed by atoms with van der Waals surface area (Å²) in [6.07, 6.45) is 19.7. The van der Waals surface area contributed by atoms with Gasteiger partial charge in [0.1, 0.15) is 17.3 Å². The highest BCUT2D eigenvalue weighted by Gasteiger charge is 2.34. The Bertz CT molecular complexity index is 1540. The fourth-order valence-corrected chi connectivity index (χ4v) is 5.04. The maximum atomic E-state index is 5.51. The van der Waals surface area contributed by atoms with Gasteiger partial charge >= 0.3 is 0 Å². The van der Waals surface area contributed by atoms with Crippen LogP contribution < -0.4 is 16.0 Å². The fraction of sp³-hybridized carbons (Fsp3) is 0.345. The molecule has 0 amide bonds. The van der Waals surface area contributed by atoms with Crippen molar-refractivity contribution in [2.75, 3.05) is 23.7 Å². The lowest BCUT2D eigenvalue weighted by atomic mass is 9.80. The Balaban J connectivity index is 1.35.